The van der Waals surface area contributed by atoms with Crippen LogP contribution in [0, 0.1) is 0 Å². The molecule has 2 aromatic carbocycles. The number of nitrogens with zero attached hydrogens (tertiary/aromatic N) is 4. The number of hydrogen-bond donors (Lipinski definition) is 1. The molecule has 34 heavy (non-hydrogen) atoms. The van der Waals surface area contributed by atoms with Gasteiger partial charge in [0.05, 0.1) is 17.0 Å². The molecule has 2 heterocycles. The number of nitrogens with one attached hydrogen (secondary N) is 1. The van der Waals surface area contributed by atoms with Crippen molar-refractivity contribution in [3.63, 3.8) is 0 Å². The molecule has 9 heteroatoms. The number of hydrogen-bond acceptors (Lipinski definition) is 7. The van der Waals surface area contributed by atoms with Gasteiger partial charge in [-0.1, -0.05) is 48.2 Å². The molecule has 0 bridgehead atoms. The predicted molar refractivity (Wildman–Crippen MR) is 129 cm³/mol. The molecule has 1 aliphatic heterocycles. The van der Waals surface area contributed by atoms with Crippen molar-refractivity contribution < 1.29 is 14.4 Å². The topological polar surface area (TPSA) is 97.2 Å². The average molecular weight is 474 g/mol. The van der Waals surface area contributed by atoms with E-state index in [-0.39, 0.29) is 28.8 Å². The molecular weight excluding hydrogens is 450 g/mol. The molecule has 0 spiro atoms. The third kappa shape index (κ3) is 3.60. The highest BCUT2D eigenvalue weighted by Gasteiger charge is 2.33. The minimum atomic E-state index is -0.259. The lowest BCUT2D eigenvalue weighted by atomic mass is 9.83. The van der Waals surface area contributed by atoms with Crippen molar-refractivity contribution in [3.05, 3.63) is 64.7 Å². The van der Waals surface area contributed by atoms with Gasteiger partial charge in [0, 0.05) is 35.8 Å². The van der Waals surface area contributed by atoms with E-state index in [1.165, 1.54) is 11.8 Å². The maximum Gasteiger partial charge on any atom is 0.234 e. The molecule has 172 valence electrons. The smallest absolute Gasteiger partial charge is 0.234 e. The van der Waals surface area contributed by atoms with Crippen LogP contribution < -0.4 is 10.2 Å². The molecule has 3 aromatic rings. The molecule has 2 aliphatic carbocycles. The summed E-state index contributed by atoms with van der Waals surface area (Å²) in [6.45, 7) is 1.98. The first-order valence-electron chi connectivity index (χ1n) is 11.6. The van der Waals surface area contributed by atoms with Crippen molar-refractivity contribution in [1.29, 1.82) is 0 Å². The van der Waals surface area contributed by atoms with E-state index in [9.17, 15) is 14.4 Å². The van der Waals surface area contributed by atoms with Gasteiger partial charge in [0.25, 0.3) is 0 Å². The van der Waals surface area contributed by atoms with Crippen LogP contribution in [0.15, 0.2) is 47.6 Å². The summed E-state index contributed by atoms with van der Waals surface area (Å²) in [5.41, 5.74) is 1.69. The van der Waals surface area contributed by atoms with Gasteiger partial charge in [0.1, 0.15) is 0 Å². The predicted octanol–water partition coefficient (Wildman–Crippen LogP) is 3.72. The zero-order valence-electron chi connectivity index (χ0n) is 18.5. The lowest BCUT2D eigenvalue weighted by Crippen LogP contribution is -2.24. The highest BCUT2D eigenvalue weighted by molar-refractivity contribution is 7.99. The third-order valence-corrected chi connectivity index (χ3v) is 7.45. The number of rotatable bonds is 6. The number of amides is 1. The zero-order valence-corrected chi connectivity index (χ0v) is 19.3. The Morgan fingerprint density at radius 1 is 0.941 bits per heavy atom. The Morgan fingerprint density at radius 3 is 2.38 bits per heavy atom. The van der Waals surface area contributed by atoms with Crippen molar-refractivity contribution in [3.8, 4) is 0 Å². The Kier molecular flexibility index (Phi) is 5.21. The highest BCUT2D eigenvalue weighted by atomic mass is 32.2. The van der Waals surface area contributed by atoms with E-state index in [1.807, 2.05) is 0 Å². The van der Waals surface area contributed by atoms with E-state index in [0.29, 0.717) is 28.4 Å². The molecule has 0 atom stereocenters. The molecule has 1 N–H and O–H groups in total. The minimum absolute atomic E-state index is 0.132. The molecular formula is C25H23N5O3S. The summed E-state index contributed by atoms with van der Waals surface area (Å²) in [6.07, 6.45) is 4.53. The van der Waals surface area contributed by atoms with Crippen LogP contribution in [0.25, 0.3) is 0 Å². The molecule has 0 unspecified atom stereocenters. The van der Waals surface area contributed by atoms with Gasteiger partial charge in [-0.05, 0) is 31.7 Å². The lowest BCUT2D eigenvalue weighted by Gasteiger charge is -2.20. The lowest BCUT2D eigenvalue weighted by molar-refractivity contribution is -0.113. The number of aromatic nitrogens is 3. The van der Waals surface area contributed by atoms with Crippen molar-refractivity contribution in [2.24, 2.45) is 0 Å². The van der Waals surface area contributed by atoms with Crippen LogP contribution in [0.1, 0.15) is 63.6 Å². The molecule has 1 saturated heterocycles. The van der Waals surface area contributed by atoms with Crippen LogP contribution in [0.2, 0.25) is 0 Å². The number of ketones is 2. The monoisotopic (exact) mass is 473 g/mol. The molecule has 1 aromatic heterocycles. The average Bonchev–Trinajstić information content (AvgIpc) is 3.37. The second kappa shape index (κ2) is 8.39. The van der Waals surface area contributed by atoms with E-state index in [4.69, 9.17) is 0 Å². The summed E-state index contributed by atoms with van der Waals surface area (Å²) in [7, 11) is 0. The summed E-state index contributed by atoms with van der Waals surface area (Å²) >= 11 is 1.35. The molecule has 2 fully saturated rings. The van der Waals surface area contributed by atoms with E-state index in [1.54, 1.807) is 42.5 Å². The van der Waals surface area contributed by atoms with Crippen LogP contribution in [0.3, 0.4) is 0 Å². The van der Waals surface area contributed by atoms with E-state index in [2.05, 4.69) is 25.0 Å². The third-order valence-electron chi connectivity index (χ3n) is 6.51. The molecule has 1 saturated carbocycles. The maximum absolute atomic E-state index is 13.2. The first kappa shape index (κ1) is 21.1. The number of benzene rings is 2. The molecule has 6 rings (SSSR count). The Bertz CT molecular complexity index is 1320. The summed E-state index contributed by atoms with van der Waals surface area (Å²) in [6, 6.07) is 12.2. The Balaban J connectivity index is 1.20. The molecule has 8 nitrogen and oxygen atoms in total. The Morgan fingerprint density at radius 2 is 1.65 bits per heavy atom. The number of carbonyl (C=O) groups excluding carboxylic acids is 3. The summed E-state index contributed by atoms with van der Waals surface area (Å²) < 4.78 is 2.17. The number of anilines is 2. The highest BCUT2D eigenvalue weighted by Crippen LogP contribution is 2.41. The summed E-state index contributed by atoms with van der Waals surface area (Å²) in [4.78, 5) is 41.2. The zero-order chi connectivity index (χ0) is 23.2. The summed E-state index contributed by atoms with van der Waals surface area (Å²) in [5.74, 6) is 0.321. The Hall–Kier alpha value is -3.46. The van der Waals surface area contributed by atoms with Gasteiger partial charge in [-0.15, -0.1) is 10.2 Å². The second-order valence-corrected chi connectivity index (χ2v) is 9.79. The molecule has 0 radical (unpaired) electrons. The molecule has 1 amide bonds. The van der Waals surface area contributed by atoms with Crippen molar-refractivity contribution in [2.45, 2.75) is 36.9 Å². The van der Waals surface area contributed by atoms with Gasteiger partial charge in [-0.25, -0.2) is 0 Å². The number of fused-ring (bicyclic) bond motifs is 2. The number of carbonyl (C=O) groups is 3. The normalized spacial score (nSPS) is 17.0. The summed E-state index contributed by atoms with van der Waals surface area (Å²) in [5, 5.41) is 12.4. The fourth-order valence-corrected chi connectivity index (χ4v) is 5.52. The van der Waals surface area contributed by atoms with Crippen molar-refractivity contribution >= 4 is 40.9 Å². The largest absolute Gasteiger partial charge is 0.341 e. The van der Waals surface area contributed by atoms with Crippen LogP contribution >= 0.6 is 11.8 Å². The van der Waals surface area contributed by atoms with Crippen LogP contribution in [0.4, 0.5) is 11.6 Å². The van der Waals surface area contributed by atoms with E-state index < -0.39 is 0 Å². The number of thioether (sulfide) groups is 1. The van der Waals surface area contributed by atoms with Crippen LogP contribution in [-0.4, -0.2) is 51.1 Å². The van der Waals surface area contributed by atoms with Crippen molar-refractivity contribution in [2.75, 3.05) is 29.1 Å². The fourth-order valence-electron chi connectivity index (χ4n) is 4.72. The first-order valence-corrected chi connectivity index (χ1v) is 12.5. The molecule has 3 aliphatic rings. The fraction of sp³-hybridized carbons (Fsp3) is 0.320. The Labute approximate surface area is 200 Å². The van der Waals surface area contributed by atoms with E-state index in [0.717, 1.165) is 49.9 Å². The van der Waals surface area contributed by atoms with Gasteiger partial charge in [0.2, 0.25) is 11.9 Å². The first-order chi connectivity index (χ1) is 16.6. The van der Waals surface area contributed by atoms with Gasteiger partial charge in [0.15, 0.2) is 16.7 Å². The van der Waals surface area contributed by atoms with E-state index >= 15 is 0 Å². The minimum Gasteiger partial charge on any atom is -0.341 e. The standard InChI is InChI=1S/C25H23N5O3S/c31-20(14-34-25-28-27-24(29-12-3-4-13-29)30(25)15-10-11-15)26-19-9-5-8-18-21(19)23(33)17-7-2-1-6-16(17)22(18)32/h1-2,5-9,15H,3-4,10-14H2,(H,26,31). The van der Waals surface area contributed by atoms with Gasteiger partial charge >= 0.3 is 0 Å². The quantitative estimate of drug-likeness (QED) is 0.426. The van der Waals surface area contributed by atoms with Gasteiger partial charge in [-0.3, -0.25) is 19.0 Å². The van der Waals surface area contributed by atoms with Crippen molar-refractivity contribution in [1.82, 2.24) is 14.8 Å². The van der Waals surface area contributed by atoms with Crippen LogP contribution in [-0.2, 0) is 4.79 Å². The van der Waals surface area contributed by atoms with Gasteiger partial charge < -0.3 is 10.2 Å². The second-order valence-electron chi connectivity index (χ2n) is 8.85. The SMILES string of the molecule is O=C(CSc1nnc(N2CCCC2)n1C1CC1)Nc1cccc2c1C(=O)c1ccccc1C2=O. The maximum atomic E-state index is 13.2. The van der Waals surface area contributed by atoms with Crippen LogP contribution in [0.5, 0.6) is 0 Å². The van der Waals surface area contributed by atoms with Gasteiger partial charge in [-0.2, -0.15) is 0 Å².